The van der Waals surface area contributed by atoms with Gasteiger partial charge >= 0.3 is 0 Å². The van der Waals surface area contributed by atoms with Crippen LogP contribution in [0.5, 0.6) is 5.75 Å². The van der Waals surface area contributed by atoms with Gasteiger partial charge in [-0.15, -0.1) is 0 Å². The fourth-order valence-corrected chi connectivity index (χ4v) is 3.08. The van der Waals surface area contributed by atoms with Crippen molar-refractivity contribution in [2.24, 2.45) is 0 Å². The van der Waals surface area contributed by atoms with Crippen molar-refractivity contribution in [1.82, 2.24) is 4.98 Å². The van der Waals surface area contributed by atoms with E-state index in [0.717, 1.165) is 11.3 Å². The van der Waals surface area contributed by atoms with Gasteiger partial charge in [0.25, 0.3) is 5.91 Å². The molecule has 2 aromatic carbocycles. The second-order valence-corrected chi connectivity index (χ2v) is 6.95. The maximum Gasteiger partial charge on any atom is 0.257 e. The normalized spacial score (nSPS) is 10.2. The van der Waals surface area contributed by atoms with Gasteiger partial charge in [-0.05, 0) is 61.1 Å². The van der Waals surface area contributed by atoms with Crippen molar-refractivity contribution >= 4 is 52.0 Å². The Morgan fingerprint density at radius 2 is 1.76 bits per heavy atom. The average Bonchev–Trinajstić information content (AvgIpc) is 2.70. The first kappa shape index (κ1) is 20.6. The lowest BCUT2D eigenvalue weighted by atomic mass is 10.1. The Morgan fingerprint density at radius 1 is 1.03 bits per heavy atom. The standard InChI is InChI=1S/C21H19ClN4O2S/c1-13-5-3-4-6-16(13)20(27)26-19-10-8-15(12-23-19)25-21(29)24-14-7-9-18(28-2)17(22)11-14/h3-12H,1-2H3,(H,23,26,27)(H2,24,25,29). The smallest absolute Gasteiger partial charge is 0.257 e. The molecule has 0 aliphatic carbocycles. The molecular weight excluding hydrogens is 408 g/mol. The lowest BCUT2D eigenvalue weighted by Crippen LogP contribution is -2.19. The molecule has 0 fully saturated rings. The molecule has 1 aromatic heterocycles. The number of anilines is 3. The molecule has 148 valence electrons. The zero-order chi connectivity index (χ0) is 20.8. The van der Waals surface area contributed by atoms with Gasteiger partial charge in [0, 0.05) is 11.3 Å². The van der Waals surface area contributed by atoms with Crippen LogP contribution in [0, 0.1) is 6.92 Å². The highest BCUT2D eigenvalue weighted by atomic mass is 35.5. The summed E-state index contributed by atoms with van der Waals surface area (Å²) in [5, 5.41) is 9.72. The number of hydrogen-bond acceptors (Lipinski definition) is 4. The maximum atomic E-state index is 12.4. The number of aryl methyl sites for hydroxylation is 1. The largest absolute Gasteiger partial charge is 0.495 e. The molecule has 6 nitrogen and oxygen atoms in total. The van der Waals surface area contributed by atoms with Crippen molar-refractivity contribution in [1.29, 1.82) is 0 Å². The first-order valence-electron chi connectivity index (χ1n) is 8.71. The summed E-state index contributed by atoms with van der Waals surface area (Å²) in [4.78, 5) is 16.6. The van der Waals surface area contributed by atoms with Crippen molar-refractivity contribution in [3.05, 3.63) is 76.9 Å². The molecule has 3 N–H and O–H groups in total. The van der Waals surface area contributed by atoms with Crippen molar-refractivity contribution in [3.63, 3.8) is 0 Å². The van der Waals surface area contributed by atoms with Gasteiger partial charge in [-0.2, -0.15) is 0 Å². The summed E-state index contributed by atoms with van der Waals surface area (Å²) in [7, 11) is 1.56. The number of benzene rings is 2. The van der Waals surface area contributed by atoms with E-state index in [1.54, 1.807) is 49.7 Å². The third kappa shape index (κ3) is 5.43. The Labute approximate surface area is 179 Å². The average molecular weight is 427 g/mol. The topological polar surface area (TPSA) is 75.3 Å². The predicted molar refractivity (Wildman–Crippen MR) is 121 cm³/mol. The molecule has 0 spiro atoms. The van der Waals surface area contributed by atoms with E-state index in [4.69, 9.17) is 28.6 Å². The number of carbonyl (C=O) groups is 1. The molecule has 1 heterocycles. The van der Waals surface area contributed by atoms with Crippen LogP contribution in [-0.4, -0.2) is 23.1 Å². The Morgan fingerprint density at radius 3 is 2.41 bits per heavy atom. The van der Waals surface area contributed by atoms with Crippen LogP contribution in [0.1, 0.15) is 15.9 Å². The Balaban J connectivity index is 1.59. The molecule has 1 amide bonds. The third-order valence-electron chi connectivity index (χ3n) is 4.06. The molecule has 0 saturated heterocycles. The number of hydrogen-bond donors (Lipinski definition) is 3. The lowest BCUT2D eigenvalue weighted by molar-refractivity contribution is 0.102. The van der Waals surface area contributed by atoms with Gasteiger partial charge in [0.05, 0.1) is 24.0 Å². The van der Waals surface area contributed by atoms with Crippen LogP contribution < -0.4 is 20.7 Å². The summed E-state index contributed by atoms with van der Waals surface area (Å²) in [5.41, 5.74) is 2.91. The Kier molecular flexibility index (Phi) is 6.64. The fraction of sp³-hybridized carbons (Fsp3) is 0.0952. The molecule has 0 saturated carbocycles. The van der Waals surface area contributed by atoms with Crippen molar-refractivity contribution in [3.8, 4) is 5.75 Å². The number of amides is 1. The number of carbonyl (C=O) groups excluding carboxylic acids is 1. The Hall–Kier alpha value is -3.16. The molecular formula is C21H19ClN4O2S. The van der Waals surface area contributed by atoms with Gasteiger partial charge in [-0.3, -0.25) is 4.79 Å². The molecule has 0 aliphatic rings. The summed E-state index contributed by atoms with van der Waals surface area (Å²) >= 11 is 11.4. The van der Waals surface area contributed by atoms with Crippen LogP contribution in [0.25, 0.3) is 0 Å². The van der Waals surface area contributed by atoms with E-state index in [0.29, 0.717) is 33.0 Å². The van der Waals surface area contributed by atoms with E-state index in [1.807, 2.05) is 25.1 Å². The van der Waals surface area contributed by atoms with Crippen LogP contribution in [0.2, 0.25) is 5.02 Å². The minimum absolute atomic E-state index is 0.204. The minimum atomic E-state index is -0.204. The van der Waals surface area contributed by atoms with E-state index in [9.17, 15) is 4.79 Å². The second-order valence-electron chi connectivity index (χ2n) is 6.13. The molecule has 0 unspecified atom stereocenters. The zero-order valence-electron chi connectivity index (χ0n) is 15.8. The molecule has 29 heavy (non-hydrogen) atoms. The summed E-state index contributed by atoms with van der Waals surface area (Å²) in [6, 6.07) is 16.1. The summed E-state index contributed by atoms with van der Waals surface area (Å²) < 4.78 is 5.13. The molecule has 0 radical (unpaired) electrons. The molecule has 0 atom stereocenters. The minimum Gasteiger partial charge on any atom is -0.495 e. The summed E-state index contributed by atoms with van der Waals surface area (Å²) in [5.74, 6) is 0.832. The SMILES string of the molecule is COc1ccc(NC(=S)Nc2ccc(NC(=O)c3ccccc3C)nc2)cc1Cl. The van der Waals surface area contributed by atoms with Crippen molar-refractivity contribution in [2.75, 3.05) is 23.1 Å². The number of halogens is 1. The number of ether oxygens (including phenoxy) is 1. The van der Waals surface area contributed by atoms with E-state index in [-0.39, 0.29) is 5.91 Å². The molecule has 3 rings (SSSR count). The van der Waals surface area contributed by atoms with Crippen LogP contribution >= 0.6 is 23.8 Å². The third-order valence-corrected chi connectivity index (χ3v) is 4.56. The Bertz CT molecular complexity index is 1040. The monoisotopic (exact) mass is 426 g/mol. The van der Waals surface area contributed by atoms with E-state index in [1.165, 1.54) is 0 Å². The number of nitrogens with one attached hydrogen (secondary N) is 3. The highest BCUT2D eigenvalue weighted by Gasteiger charge is 2.09. The number of thiocarbonyl (C=S) groups is 1. The van der Waals surface area contributed by atoms with E-state index in [2.05, 4.69) is 20.9 Å². The number of rotatable bonds is 5. The number of methoxy groups -OCH3 is 1. The summed E-state index contributed by atoms with van der Waals surface area (Å²) in [6.07, 6.45) is 1.59. The fourth-order valence-electron chi connectivity index (χ4n) is 2.59. The van der Waals surface area contributed by atoms with Crippen LogP contribution in [0.3, 0.4) is 0 Å². The predicted octanol–water partition coefficient (Wildman–Crippen LogP) is 5.11. The summed E-state index contributed by atoms with van der Waals surface area (Å²) in [6.45, 7) is 1.89. The number of pyridine rings is 1. The van der Waals surface area contributed by atoms with Gasteiger partial charge in [0.1, 0.15) is 11.6 Å². The van der Waals surface area contributed by atoms with Crippen molar-refractivity contribution < 1.29 is 9.53 Å². The lowest BCUT2D eigenvalue weighted by Gasteiger charge is -2.12. The molecule has 0 aliphatic heterocycles. The van der Waals surface area contributed by atoms with E-state index >= 15 is 0 Å². The van der Waals surface area contributed by atoms with Gasteiger partial charge in [0.15, 0.2) is 5.11 Å². The van der Waals surface area contributed by atoms with Gasteiger partial charge < -0.3 is 20.7 Å². The zero-order valence-corrected chi connectivity index (χ0v) is 17.4. The first-order chi connectivity index (χ1) is 14.0. The van der Waals surface area contributed by atoms with Gasteiger partial charge in [-0.25, -0.2) is 4.98 Å². The first-order valence-corrected chi connectivity index (χ1v) is 9.49. The molecule has 8 heteroatoms. The van der Waals surface area contributed by atoms with Crippen LogP contribution in [0.4, 0.5) is 17.2 Å². The number of aromatic nitrogens is 1. The molecule has 3 aromatic rings. The second kappa shape index (κ2) is 9.36. The highest BCUT2D eigenvalue weighted by Crippen LogP contribution is 2.27. The van der Waals surface area contributed by atoms with Crippen molar-refractivity contribution in [2.45, 2.75) is 6.92 Å². The number of nitrogens with zero attached hydrogens (tertiary/aromatic N) is 1. The van der Waals surface area contributed by atoms with Gasteiger partial charge in [-0.1, -0.05) is 29.8 Å². The maximum absolute atomic E-state index is 12.4. The molecule has 0 bridgehead atoms. The quantitative estimate of drug-likeness (QED) is 0.492. The van der Waals surface area contributed by atoms with Crippen LogP contribution in [-0.2, 0) is 0 Å². The highest BCUT2D eigenvalue weighted by molar-refractivity contribution is 7.80. The van der Waals surface area contributed by atoms with E-state index < -0.39 is 0 Å². The van der Waals surface area contributed by atoms with Crippen LogP contribution in [0.15, 0.2) is 60.8 Å². The van der Waals surface area contributed by atoms with Gasteiger partial charge in [0.2, 0.25) is 0 Å².